The molecule has 1 atom stereocenters. The highest BCUT2D eigenvalue weighted by Gasteiger charge is 2.37. The number of thiophene rings is 1. The van der Waals surface area contributed by atoms with E-state index in [4.69, 9.17) is 0 Å². The molecule has 3 rings (SSSR count). The van der Waals surface area contributed by atoms with Crippen LogP contribution in [0.1, 0.15) is 43.7 Å². The molecule has 1 aromatic heterocycles. The quantitative estimate of drug-likeness (QED) is 0.805. The third-order valence-electron chi connectivity index (χ3n) is 3.75. The van der Waals surface area contributed by atoms with Gasteiger partial charge in [-0.1, -0.05) is 57.2 Å². The summed E-state index contributed by atoms with van der Waals surface area (Å²) in [6, 6.07) is 14.2. The van der Waals surface area contributed by atoms with E-state index in [1.807, 2.05) is 50.4 Å². The lowest BCUT2D eigenvalue weighted by Crippen LogP contribution is -2.36. The maximum absolute atomic E-state index is 12.8. The molecule has 1 amide bonds. The van der Waals surface area contributed by atoms with Gasteiger partial charge in [0.15, 0.2) is 0 Å². The van der Waals surface area contributed by atoms with Crippen LogP contribution in [0.4, 0.5) is 0 Å². The van der Waals surface area contributed by atoms with Crippen molar-refractivity contribution < 1.29 is 4.79 Å². The molecule has 1 unspecified atom stereocenters. The van der Waals surface area contributed by atoms with Crippen molar-refractivity contribution in [3.63, 3.8) is 0 Å². The van der Waals surface area contributed by atoms with E-state index in [1.54, 1.807) is 16.3 Å². The first-order valence-corrected chi connectivity index (χ1v) is 8.35. The van der Waals surface area contributed by atoms with Crippen LogP contribution < -0.4 is 0 Å². The summed E-state index contributed by atoms with van der Waals surface area (Å²) in [6.45, 7) is 5.82. The molecule has 0 saturated carbocycles. The normalized spacial score (nSPS) is 18.4. The first-order chi connectivity index (χ1) is 10.5. The van der Waals surface area contributed by atoms with Gasteiger partial charge in [0.1, 0.15) is 0 Å². The summed E-state index contributed by atoms with van der Waals surface area (Å²) in [4.78, 5) is 13.9. The minimum absolute atomic E-state index is 0.00924. The van der Waals surface area contributed by atoms with E-state index >= 15 is 0 Å². The Bertz CT molecular complexity index is 684. The molecule has 2 aromatic rings. The van der Waals surface area contributed by atoms with Crippen LogP contribution in [-0.4, -0.2) is 16.6 Å². The molecule has 1 aromatic carbocycles. The van der Waals surface area contributed by atoms with Crippen molar-refractivity contribution in [1.29, 1.82) is 0 Å². The lowest BCUT2D eigenvalue weighted by atomic mass is 9.93. The summed E-state index contributed by atoms with van der Waals surface area (Å²) in [7, 11) is 0. The van der Waals surface area contributed by atoms with E-state index in [0.29, 0.717) is 0 Å². The van der Waals surface area contributed by atoms with E-state index in [0.717, 1.165) is 22.6 Å². The van der Waals surface area contributed by atoms with E-state index in [-0.39, 0.29) is 11.9 Å². The van der Waals surface area contributed by atoms with Crippen LogP contribution in [0.15, 0.2) is 52.9 Å². The lowest BCUT2D eigenvalue weighted by molar-refractivity contribution is -0.141. The second-order valence-corrected chi connectivity index (χ2v) is 7.50. The van der Waals surface area contributed by atoms with E-state index in [1.165, 1.54) is 0 Å². The molecule has 0 bridgehead atoms. The Morgan fingerprint density at radius 1 is 1.18 bits per heavy atom. The SMILES string of the molecule is CC(C)(C)C(=O)N1N=C(c2cccs2)CC1c1ccccc1. The Kier molecular flexibility index (Phi) is 3.87. The summed E-state index contributed by atoms with van der Waals surface area (Å²) in [5.74, 6) is 0.0629. The average Bonchev–Trinajstić information content (AvgIpc) is 3.15. The molecular formula is C18H20N2OS. The zero-order valence-electron chi connectivity index (χ0n) is 13.1. The number of amides is 1. The Hall–Kier alpha value is -1.94. The molecular weight excluding hydrogens is 292 g/mol. The molecule has 22 heavy (non-hydrogen) atoms. The highest BCUT2D eigenvalue weighted by Crippen LogP contribution is 2.36. The van der Waals surface area contributed by atoms with Gasteiger partial charge < -0.3 is 0 Å². The number of carbonyl (C=O) groups is 1. The average molecular weight is 312 g/mol. The standard InChI is InChI=1S/C18H20N2OS/c1-18(2,3)17(21)20-15(13-8-5-4-6-9-13)12-14(19-20)16-10-7-11-22-16/h4-11,15H,12H2,1-3H3. The predicted octanol–water partition coefficient (Wildman–Crippen LogP) is 4.47. The van der Waals surface area contributed by atoms with Crippen molar-refractivity contribution in [2.75, 3.05) is 0 Å². The summed E-state index contributed by atoms with van der Waals surface area (Å²) in [6.07, 6.45) is 0.770. The third-order valence-corrected chi connectivity index (χ3v) is 4.67. The van der Waals surface area contributed by atoms with Crippen LogP contribution in [0, 0.1) is 5.41 Å². The van der Waals surface area contributed by atoms with Gasteiger partial charge in [-0.3, -0.25) is 4.79 Å². The largest absolute Gasteiger partial charge is 0.272 e. The highest BCUT2D eigenvalue weighted by atomic mass is 32.1. The van der Waals surface area contributed by atoms with Crippen molar-refractivity contribution in [2.45, 2.75) is 33.2 Å². The third kappa shape index (κ3) is 2.83. The smallest absolute Gasteiger partial charge is 0.248 e. The van der Waals surface area contributed by atoms with Gasteiger partial charge in [0.25, 0.3) is 0 Å². The molecule has 0 N–H and O–H groups in total. The molecule has 1 aliphatic rings. The second kappa shape index (κ2) is 5.69. The maximum Gasteiger partial charge on any atom is 0.248 e. The maximum atomic E-state index is 12.8. The number of carbonyl (C=O) groups excluding carboxylic acids is 1. The van der Waals surface area contributed by atoms with Gasteiger partial charge in [0.05, 0.1) is 16.6 Å². The highest BCUT2D eigenvalue weighted by molar-refractivity contribution is 7.12. The van der Waals surface area contributed by atoms with Crippen LogP contribution in [0.5, 0.6) is 0 Å². The topological polar surface area (TPSA) is 32.7 Å². The van der Waals surface area contributed by atoms with Gasteiger partial charge in [-0.25, -0.2) is 5.01 Å². The molecule has 114 valence electrons. The Labute approximate surface area is 135 Å². The minimum atomic E-state index is -0.443. The number of rotatable bonds is 2. The van der Waals surface area contributed by atoms with Crippen molar-refractivity contribution in [2.24, 2.45) is 10.5 Å². The number of benzene rings is 1. The molecule has 0 spiro atoms. The van der Waals surface area contributed by atoms with Crippen LogP contribution in [0.2, 0.25) is 0 Å². The molecule has 2 heterocycles. The van der Waals surface area contributed by atoms with Crippen molar-refractivity contribution in [1.82, 2.24) is 5.01 Å². The van der Waals surface area contributed by atoms with Crippen LogP contribution >= 0.6 is 11.3 Å². The lowest BCUT2D eigenvalue weighted by Gasteiger charge is -2.28. The van der Waals surface area contributed by atoms with Crippen molar-refractivity contribution in [3.05, 3.63) is 58.3 Å². The van der Waals surface area contributed by atoms with Crippen molar-refractivity contribution in [3.8, 4) is 0 Å². The molecule has 0 fully saturated rings. The summed E-state index contributed by atoms with van der Waals surface area (Å²) >= 11 is 1.67. The van der Waals surface area contributed by atoms with Gasteiger partial charge in [0, 0.05) is 11.8 Å². The number of hydrogen-bond donors (Lipinski definition) is 0. The minimum Gasteiger partial charge on any atom is -0.272 e. The van der Waals surface area contributed by atoms with Gasteiger partial charge >= 0.3 is 0 Å². The second-order valence-electron chi connectivity index (χ2n) is 6.55. The molecule has 0 saturated heterocycles. The number of hydrogen-bond acceptors (Lipinski definition) is 3. The predicted molar refractivity (Wildman–Crippen MR) is 91.0 cm³/mol. The Morgan fingerprint density at radius 2 is 1.91 bits per heavy atom. The Balaban J connectivity index is 1.98. The van der Waals surface area contributed by atoms with E-state index in [9.17, 15) is 4.79 Å². The molecule has 0 aliphatic carbocycles. The molecule has 4 heteroatoms. The van der Waals surface area contributed by atoms with Gasteiger partial charge in [0.2, 0.25) is 5.91 Å². The summed E-state index contributed by atoms with van der Waals surface area (Å²) in [5, 5.41) is 8.40. The zero-order chi connectivity index (χ0) is 15.7. The van der Waals surface area contributed by atoms with E-state index in [2.05, 4.69) is 23.3 Å². The number of hydrazone groups is 1. The van der Waals surface area contributed by atoms with E-state index < -0.39 is 5.41 Å². The van der Waals surface area contributed by atoms with Gasteiger partial charge in [-0.15, -0.1) is 11.3 Å². The molecule has 1 aliphatic heterocycles. The van der Waals surface area contributed by atoms with Crippen molar-refractivity contribution >= 4 is 23.0 Å². The summed E-state index contributed by atoms with van der Waals surface area (Å²) < 4.78 is 0. The molecule has 0 radical (unpaired) electrons. The summed E-state index contributed by atoms with van der Waals surface area (Å²) in [5.41, 5.74) is 1.69. The first kappa shape index (κ1) is 15.0. The fourth-order valence-corrected chi connectivity index (χ4v) is 3.29. The fourth-order valence-electron chi connectivity index (χ4n) is 2.57. The van der Waals surface area contributed by atoms with Gasteiger partial charge in [-0.2, -0.15) is 5.10 Å². The van der Waals surface area contributed by atoms with Gasteiger partial charge in [-0.05, 0) is 17.0 Å². The Morgan fingerprint density at radius 3 is 2.50 bits per heavy atom. The fraction of sp³-hybridized carbons (Fsp3) is 0.333. The van der Waals surface area contributed by atoms with Crippen LogP contribution in [-0.2, 0) is 4.79 Å². The monoisotopic (exact) mass is 312 g/mol. The molecule has 3 nitrogen and oxygen atoms in total. The zero-order valence-corrected chi connectivity index (χ0v) is 13.9. The van der Waals surface area contributed by atoms with Crippen LogP contribution in [0.3, 0.4) is 0 Å². The number of nitrogens with zero attached hydrogens (tertiary/aromatic N) is 2. The first-order valence-electron chi connectivity index (χ1n) is 7.47. The van der Waals surface area contributed by atoms with Crippen LogP contribution in [0.25, 0.3) is 0 Å².